The summed E-state index contributed by atoms with van der Waals surface area (Å²) in [5.74, 6) is 0.889. The van der Waals surface area contributed by atoms with E-state index in [4.69, 9.17) is 4.74 Å². The zero-order valence-electron chi connectivity index (χ0n) is 12.5. The Morgan fingerprint density at radius 3 is 2.52 bits per heavy atom. The minimum Gasteiger partial charge on any atom is -0.494 e. The monoisotopic (exact) mass is 285 g/mol. The van der Waals surface area contributed by atoms with Gasteiger partial charge in [-0.2, -0.15) is 0 Å². The molecule has 112 valence electrons. The molecule has 2 rings (SSSR count). The number of hydrogen-bond donors (Lipinski definition) is 2. The van der Waals surface area contributed by atoms with Gasteiger partial charge in [-0.3, -0.25) is 0 Å². The van der Waals surface area contributed by atoms with Gasteiger partial charge in [0.1, 0.15) is 5.75 Å². The van der Waals surface area contributed by atoms with E-state index in [0.29, 0.717) is 6.61 Å². The van der Waals surface area contributed by atoms with Crippen molar-refractivity contribution in [1.82, 2.24) is 5.32 Å². The minimum absolute atomic E-state index is 0.0585. The quantitative estimate of drug-likeness (QED) is 0.783. The molecule has 0 aromatic heterocycles. The topological polar surface area (TPSA) is 41.5 Å². The molecule has 2 N–H and O–H groups in total. The van der Waals surface area contributed by atoms with Crippen LogP contribution < -0.4 is 10.1 Å². The van der Waals surface area contributed by atoms with Crippen molar-refractivity contribution in [1.29, 1.82) is 0 Å². The number of ether oxygens (including phenoxy) is 1. The molecule has 3 nitrogen and oxygen atoms in total. The Bertz CT molecular complexity index is 528. The summed E-state index contributed by atoms with van der Waals surface area (Å²) >= 11 is 0. The van der Waals surface area contributed by atoms with Crippen LogP contribution in [0.3, 0.4) is 0 Å². The summed E-state index contributed by atoms with van der Waals surface area (Å²) in [5.41, 5.74) is 2.39. The molecule has 0 saturated carbocycles. The van der Waals surface area contributed by atoms with Crippen molar-refractivity contribution in [2.75, 3.05) is 13.2 Å². The molecule has 0 aliphatic carbocycles. The van der Waals surface area contributed by atoms with Crippen molar-refractivity contribution in [3.05, 3.63) is 65.7 Å². The maximum absolute atomic E-state index is 9.52. The Morgan fingerprint density at radius 1 is 1.05 bits per heavy atom. The smallest absolute Gasteiger partial charge is 0.119 e. The number of aliphatic hydroxyl groups excluding tert-OH is 1. The van der Waals surface area contributed by atoms with Gasteiger partial charge in [0.25, 0.3) is 0 Å². The molecule has 1 atom stereocenters. The van der Waals surface area contributed by atoms with E-state index in [2.05, 4.69) is 23.5 Å². The molecule has 3 heteroatoms. The minimum atomic E-state index is 0.0585. The standard InChI is InChI=1S/C18H23NO2/c1-2-21-18-10-6-9-16(12-18)13-19-17(14-20)11-15-7-4-3-5-8-15/h3-10,12,17,19-20H,2,11,13-14H2,1H3/t17-/m0/s1. The summed E-state index contributed by atoms with van der Waals surface area (Å²) in [6.07, 6.45) is 0.822. The van der Waals surface area contributed by atoms with Crippen LogP contribution >= 0.6 is 0 Å². The number of hydrogen-bond acceptors (Lipinski definition) is 3. The zero-order chi connectivity index (χ0) is 14.9. The highest BCUT2D eigenvalue weighted by molar-refractivity contribution is 5.28. The third-order valence-electron chi connectivity index (χ3n) is 3.35. The van der Waals surface area contributed by atoms with Gasteiger partial charge in [0.05, 0.1) is 13.2 Å². The van der Waals surface area contributed by atoms with Crippen LogP contribution in [0.15, 0.2) is 54.6 Å². The molecular formula is C18H23NO2. The van der Waals surface area contributed by atoms with Gasteiger partial charge in [0.2, 0.25) is 0 Å². The van der Waals surface area contributed by atoms with Crippen LogP contribution in [0, 0.1) is 0 Å². The summed E-state index contributed by atoms with van der Waals surface area (Å²) in [6.45, 7) is 3.50. The number of benzene rings is 2. The van der Waals surface area contributed by atoms with E-state index in [1.807, 2.05) is 43.3 Å². The van der Waals surface area contributed by atoms with E-state index in [-0.39, 0.29) is 12.6 Å². The van der Waals surface area contributed by atoms with Crippen molar-refractivity contribution in [3.8, 4) is 5.75 Å². The Morgan fingerprint density at radius 2 is 1.81 bits per heavy atom. The second-order valence-electron chi connectivity index (χ2n) is 5.03. The average Bonchev–Trinajstić information content (AvgIpc) is 2.53. The second-order valence-corrected chi connectivity index (χ2v) is 5.03. The molecule has 2 aromatic carbocycles. The van der Waals surface area contributed by atoms with E-state index in [1.165, 1.54) is 5.56 Å². The van der Waals surface area contributed by atoms with E-state index in [0.717, 1.165) is 24.3 Å². The third-order valence-corrected chi connectivity index (χ3v) is 3.35. The maximum Gasteiger partial charge on any atom is 0.119 e. The molecule has 0 fully saturated rings. The van der Waals surface area contributed by atoms with Crippen molar-refractivity contribution < 1.29 is 9.84 Å². The first-order valence-corrected chi connectivity index (χ1v) is 7.41. The predicted octanol–water partition coefficient (Wildman–Crippen LogP) is 2.78. The lowest BCUT2D eigenvalue weighted by molar-refractivity contribution is 0.240. The lowest BCUT2D eigenvalue weighted by Crippen LogP contribution is -2.34. The van der Waals surface area contributed by atoms with E-state index >= 15 is 0 Å². The Hall–Kier alpha value is -1.84. The molecule has 0 heterocycles. The van der Waals surface area contributed by atoms with Gasteiger partial charge >= 0.3 is 0 Å². The van der Waals surface area contributed by atoms with Gasteiger partial charge in [-0.25, -0.2) is 0 Å². The summed E-state index contributed by atoms with van der Waals surface area (Å²) in [6, 6.07) is 18.3. The van der Waals surface area contributed by atoms with Crippen LogP contribution in [0.2, 0.25) is 0 Å². The van der Waals surface area contributed by atoms with Crippen molar-refractivity contribution >= 4 is 0 Å². The normalized spacial score (nSPS) is 12.1. The Kier molecular flexibility index (Phi) is 6.25. The lowest BCUT2D eigenvalue weighted by Gasteiger charge is -2.17. The molecule has 0 spiro atoms. The molecule has 0 aliphatic rings. The van der Waals surface area contributed by atoms with Gasteiger partial charge in [0.15, 0.2) is 0 Å². The predicted molar refractivity (Wildman–Crippen MR) is 85.5 cm³/mol. The lowest BCUT2D eigenvalue weighted by atomic mass is 10.1. The number of nitrogens with one attached hydrogen (secondary N) is 1. The molecule has 0 bridgehead atoms. The first-order valence-electron chi connectivity index (χ1n) is 7.41. The van der Waals surface area contributed by atoms with Crippen LogP contribution in [0.4, 0.5) is 0 Å². The number of rotatable bonds is 8. The van der Waals surface area contributed by atoms with Gasteiger partial charge < -0.3 is 15.2 Å². The zero-order valence-corrected chi connectivity index (χ0v) is 12.5. The van der Waals surface area contributed by atoms with Gasteiger partial charge in [-0.15, -0.1) is 0 Å². The van der Waals surface area contributed by atoms with Gasteiger partial charge in [-0.1, -0.05) is 42.5 Å². The summed E-state index contributed by atoms with van der Waals surface area (Å²) in [4.78, 5) is 0. The van der Waals surface area contributed by atoms with Gasteiger partial charge in [0, 0.05) is 12.6 Å². The Balaban J connectivity index is 1.89. The molecular weight excluding hydrogens is 262 g/mol. The molecule has 0 amide bonds. The molecule has 2 aromatic rings. The average molecular weight is 285 g/mol. The van der Waals surface area contributed by atoms with E-state index in [9.17, 15) is 5.11 Å². The summed E-state index contributed by atoms with van der Waals surface area (Å²) in [7, 11) is 0. The fraction of sp³-hybridized carbons (Fsp3) is 0.333. The number of aliphatic hydroxyl groups is 1. The van der Waals surface area contributed by atoms with Crippen molar-refractivity contribution in [3.63, 3.8) is 0 Å². The first-order chi connectivity index (χ1) is 10.3. The summed E-state index contributed by atoms with van der Waals surface area (Å²) in [5, 5.41) is 12.9. The van der Waals surface area contributed by atoms with Crippen molar-refractivity contribution in [2.45, 2.75) is 25.9 Å². The highest BCUT2D eigenvalue weighted by Crippen LogP contribution is 2.13. The van der Waals surface area contributed by atoms with E-state index in [1.54, 1.807) is 0 Å². The molecule has 0 aliphatic heterocycles. The molecule has 21 heavy (non-hydrogen) atoms. The van der Waals surface area contributed by atoms with Crippen LogP contribution in [-0.2, 0) is 13.0 Å². The van der Waals surface area contributed by atoms with Crippen molar-refractivity contribution in [2.24, 2.45) is 0 Å². The second kappa shape index (κ2) is 8.45. The molecule has 0 radical (unpaired) electrons. The van der Waals surface area contributed by atoms with Crippen LogP contribution in [-0.4, -0.2) is 24.4 Å². The highest BCUT2D eigenvalue weighted by atomic mass is 16.5. The molecule has 0 saturated heterocycles. The SMILES string of the molecule is CCOc1cccc(CN[C@H](CO)Cc2ccccc2)c1. The van der Waals surface area contributed by atoms with Crippen LogP contribution in [0.25, 0.3) is 0 Å². The Labute approximate surface area is 126 Å². The summed E-state index contributed by atoms with van der Waals surface area (Å²) < 4.78 is 5.50. The van der Waals surface area contributed by atoms with E-state index < -0.39 is 0 Å². The molecule has 0 unspecified atom stereocenters. The first kappa shape index (κ1) is 15.5. The fourth-order valence-electron chi connectivity index (χ4n) is 2.27. The van der Waals surface area contributed by atoms with Crippen LogP contribution in [0.5, 0.6) is 5.75 Å². The van der Waals surface area contributed by atoms with Gasteiger partial charge in [-0.05, 0) is 36.6 Å². The fourth-order valence-corrected chi connectivity index (χ4v) is 2.27. The third kappa shape index (κ3) is 5.21. The largest absolute Gasteiger partial charge is 0.494 e. The highest BCUT2D eigenvalue weighted by Gasteiger charge is 2.08. The maximum atomic E-state index is 9.52. The van der Waals surface area contributed by atoms with Crippen LogP contribution in [0.1, 0.15) is 18.1 Å².